The van der Waals surface area contributed by atoms with Gasteiger partial charge in [0.15, 0.2) is 0 Å². The molecule has 0 aromatic carbocycles. The molecule has 0 saturated carbocycles. The molecule has 11 heavy (non-hydrogen) atoms. The molecular formula is C6H11NO4. The van der Waals surface area contributed by atoms with E-state index in [1.165, 1.54) is 7.11 Å². The minimum absolute atomic E-state index is 0.195. The van der Waals surface area contributed by atoms with Gasteiger partial charge in [-0.2, -0.15) is 0 Å². The summed E-state index contributed by atoms with van der Waals surface area (Å²) < 4.78 is 4.25. The van der Waals surface area contributed by atoms with E-state index < -0.39 is 18.0 Å². The van der Waals surface area contributed by atoms with Gasteiger partial charge in [0.05, 0.1) is 26.1 Å². The van der Waals surface area contributed by atoms with Crippen molar-refractivity contribution in [3.8, 4) is 0 Å². The van der Waals surface area contributed by atoms with Crippen LogP contribution < -0.4 is 5.73 Å². The molecular weight excluding hydrogens is 150 g/mol. The van der Waals surface area contributed by atoms with Gasteiger partial charge in [-0.1, -0.05) is 0 Å². The molecule has 0 fully saturated rings. The molecule has 1 atom stereocenters. The third-order valence-corrected chi connectivity index (χ3v) is 1.07. The summed E-state index contributed by atoms with van der Waals surface area (Å²) in [6.07, 6.45) is -1.44. The van der Waals surface area contributed by atoms with Crippen LogP contribution in [0.4, 0.5) is 0 Å². The second-order valence-electron chi connectivity index (χ2n) is 2.10. The van der Waals surface area contributed by atoms with Gasteiger partial charge in [-0.05, 0) is 0 Å². The fourth-order valence-electron chi connectivity index (χ4n) is 0.580. The van der Waals surface area contributed by atoms with E-state index in [9.17, 15) is 9.59 Å². The van der Waals surface area contributed by atoms with Gasteiger partial charge in [0.2, 0.25) is 5.91 Å². The standard InChI is InChI=1S/C6H11NO4/c1-11-6(10)3-4(8)2-5(7)9/h4,8H,2-3H2,1H3,(H2,7,9)/t4-/m0/s1. The summed E-state index contributed by atoms with van der Waals surface area (Å²) >= 11 is 0. The Morgan fingerprint density at radius 1 is 1.55 bits per heavy atom. The van der Waals surface area contributed by atoms with Crippen molar-refractivity contribution in [2.45, 2.75) is 18.9 Å². The number of hydrogen-bond donors (Lipinski definition) is 2. The lowest BCUT2D eigenvalue weighted by Crippen LogP contribution is -2.22. The van der Waals surface area contributed by atoms with Crippen molar-refractivity contribution in [1.82, 2.24) is 0 Å². The van der Waals surface area contributed by atoms with Gasteiger partial charge in [0.25, 0.3) is 0 Å². The van der Waals surface area contributed by atoms with Crippen molar-refractivity contribution in [2.75, 3.05) is 7.11 Å². The van der Waals surface area contributed by atoms with Crippen molar-refractivity contribution in [3.63, 3.8) is 0 Å². The third kappa shape index (κ3) is 5.35. The summed E-state index contributed by atoms with van der Waals surface area (Å²) in [6.45, 7) is 0. The van der Waals surface area contributed by atoms with Gasteiger partial charge in [0, 0.05) is 0 Å². The van der Waals surface area contributed by atoms with Crippen LogP contribution in [0.5, 0.6) is 0 Å². The first kappa shape index (κ1) is 9.90. The number of ether oxygens (including phenoxy) is 1. The van der Waals surface area contributed by atoms with Crippen LogP contribution in [0.15, 0.2) is 0 Å². The number of hydrogen-bond acceptors (Lipinski definition) is 4. The zero-order chi connectivity index (χ0) is 8.85. The lowest BCUT2D eigenvalue weighted by molar-refractivity contribution is -0.143. The number of aliphatic hydroxyl groups excluding tert-OH is 1. The van der Waals surface area contributed by atoms with E-state index in [4.69, 9.17) is 10.8 Å². The first-order chi connectivity index (χ1) is 5.06. The molecule has 0 aromatic heterocycles. The normalized spacial score (nSPS) is 12.2. The topological polar surface area (TPSA) is 89.6 Å². The minimum Gasteiger partial charge on any atom is -0.469 e. The number of amides is 1. The predicted octanol–water partition coefficient (Wildman–Crippen LogP) is -1.21. The molecule has 5 nitrogen and oxygen atoms in total. The lowest BCUT2D eigenvalue weighted by Gasteiger charge is -2.05. The lowest BCUT2D eigenvalue weighted by atomic mass is 10.2. The van der Waals surface area contributed by atoms with Crippen LogP contribution in [0.25, 0.3) is 0 Å². The first-order valence-electron chi connectivity index (χ1n) is 3.09. The average Bonchev–Trinajstić information content (AvgIpc) is 1.85. The maximum atomic E-state index is 10.5. The number of primary amides is 1. The highest BCUT2D eigenvalue weighted by atomic mass is 16.5. The Labute approximate surface area is 64.1 Å². The third-order valence-electron chi connectivity index (χ3n) is 1.07. The van der Waals surface area contributed by atoms with E-state index in [0.717, 1.165) is 0 Å². The first-order valence-corrected chi connectivity index (χ1v) is 3.09. The van der Waals surface area contributed by atoms with Gasteiger partial charge in [-0.3, -0.25) is 9.59 Å². The van der Waals surface area contributed by atoms with Crippen LogP contribution in [0.3, 0.4) is 0 Å². The molecule has 5 heteroatoms. The number of carbonyl (C=O) groups excluding carboxylic acids is 2. The molecule has 0 radical (unpaired) electrons. The zero-order valence-corrected chi connectivity index (χ0v) is 6.24. The summed E-state index contributed by atoms with van der Waals surface area (Å²) in [7, 11) is 1.21. The van der Waals surface area contributed by atoms with Crippen LogP contribution in [0.2, 0.25) is 0 Å². The molecule has 0 rings (SSSR count). The van der Waals surface area contributed by atoms with Crippen molar-refractivity contribution in [3.05, 3.63) is 0 Å². The Morgan fingerprint density at radius 3 is 2.45 bits per heavy atom. The number of methoxy groups -OCH3 is 1. The van der Waals surface area contributed by atoms with E-state index >= 15 is 0 Å². The molecule has 0 aliphatic rings. The van der Waals surface area contributed by atoms with E-state index in [-0.39, 0.29) is 12.8 Å². The van der Waals surface area contributed by atoms with Gasteiger partial charge in [-0.25, -0.2) is 0 Å². The molecule has 0 bridgehead atoms. The Kier molecular flexibility index (Phi) is 4.21. The smallest absolute Gasteiger partial charge is 0.308 e. The Balaban J connectivity index is 3.60. The summed E-state index contributed by atoms with van der Waals surface area (Å²) in [5.41, 5.74) is 4.76. The van der Waals surface area contributed by atoms with Crippen molar-refractivity contribution >= 4 is 11.9 Å². The van der Waals surface area contributed by atoms with Crippen LogP contribution in [-0.4, -0.2) is 30.2 Å². The van der Waals surface area contributed by atoms with Crippen LogP contribution in [0.1, 0.15) is 12.8 Å². The highest BCUT2D eigenvalue weighted by molar-refractivity contribution is 5.76. The maximum Gasteiger partial charge on any atom is 0.308 e. The zero-order valence-electron chi connectivity index (χ0n) is 6.24. The minimum atomic E-state index is -1.03. The van der Waals surface area contributed by atoms with E-state index in [1.807, 2.05) is 0 Å². The molecule has 0 spiro atoms. The molecule has 0 unspecified atom stereocenters. The van der Waals surface area contributed by atoms with Gasteiger partial charge in [0.1, 0.15) is 0 Å². The summed E-state index contributed by atoms with van der Waals surface area (Å²) in [5, 5.41) is 8.92. The quantitative estimate of drug-likeness (QED) is 0.506. The number of nitrogens with two attached hydrogens (primary N) is 1. The number of rotatable bonds is 4. The predicted molar refractivity (Wildman–Crippen MR) is 36.5 cm³/mol. The van der Waals surface area contributed by atoms with E-state index in [1.54, 1.807) is 0 Å². The van der Waals surface area contributed by atoms with Crippen molar-refractivity contribution in [2.24, 2.45) is 5.73 Å². The fourth-order valence-corrected chi connectivity index (χ4v) is 0.580. The molecule has 0 heterocycles. The molecule has 0 saturated heterocycles. The van der Waals surface area contributed by atoms with Crippen molar-refractivity contribution < 1.29 is 19.4 Å². The van der Waals surface area contributed by atoms with Crippen LogP contribution in [-0.2, 0) is 14.3 Å². The maximum absolute atomic E-state index is 10.5. The molecule has 0 aromatic rings. The summed E-state index contributed by atoms with van der Waals surface area (Å²) in [5.74, 6) is -1.19. The van der Waals surface area contributed by atoms with Gasteiger partial charge >= 0.3 is 5.97 Å². The number of carbonyl (C=O) groups is 2. The fraction of sp³-hybridized carbons (Fsp3) is 0.667. The van der Waals surface area contributed by atoms with Gasteiger partial charge < -0.3 is 15.6 Å². The highest BCUT2D eigenvalue weighted by Crippen LogP contribution is 1.97. The molecule has 3 N–H and O–H groups in total. The molecule has 64 valence electrons. The molecule has 0 aliphatic heterocycles. The van der Waals surface area contributed by atoms with E-state index in [2.05, 4.69) is 4.74 Å². The monoisotopic (exact) mass is 161 g/mol. The molecule has 1 amide bonds. The second kappa shape index (κ2) is 4.68. The second-order valence-corrected chi connectivity index (χ2v) is 2.10. The van der Waals surface area contributed by atoms with Crippen molar-refractivity contribution in [1.29, 1.82) is 0 Å². The van der Waals surface area contributed by atoms with Gasteiger partial charge in [-0.15, -0.1) is 0 Å². The van der Waals surface area contributed by atoms with E-state index in [0.29, 0.717) is 0 Å². The van der Waals surface area contributed by atoms with Crippen LogP contribution >= 0.6 is 0 Å². The Morgan fingerprint density at radius 2 is 2.09 bits per heavy atom. The summed E-state index contributed by atoms with van der Waals surface area (Å²) in [4.78, 5) is 20.7. The molecule has 0 aliphatic carbocycles. The number of aliphatic hydroxyl groups is 1. The average molecular weight is 161 g/mol. The Hall–Kier alpha value is -1.10. The SMILES string of the molecule is COC(=O)C[C@@H](O)CC(N)=O. The number of esters is 1. The Bertz CT molecular complexity index is 157. The summed E-state index contributed by atoms with van der Waals surface area (Å²) in [6, 6.07) is 0. The highest BCUT2D eigenvalue weighted by Gasteiger charge is 2.12. The largest absolute Gasteiger partial charge is 0.469 e. The van der Waals surface area contributed by atoms with Crippen LogP contribution in [0, 0.1) is 0 Å².